The van der Waals surface area contributed by atoms with Crippen molar-refractivity contribution in [2.75, 3.05) is 33.2 Å². The van der Waals surface area contributed by atoms with E-state index in [0.29, 0.717) is 32.7 Å². The van der Waals surface area contributed by atoms with Crippen molar-refractivity contribution < 1.29 is 13.2 Å². The number of carbonyl (C=O) groups is 1. The summed E-state index contributed by atoms with van der Waals surface area (Å²) in [6, 6.07) is 1.39. The van der Waals surface area contributed by atoms with Crippen LogP contribution in [0.5, 0.6) is 0 Å². The normalized spacial score (nSPS) is 24.0. The summed E-state index contributed by atoms with van der Waals surface area (Å²) in [5.74, 6) is -0.214. The van der Waals surface area contributed by atoms with Gasteiger partial charge in [0.25, 0.3) is 15.9 Å². The molecule has 1 aromatic heterocycles. The number of amides is 1. The fourth-order valence-corrected chi connectivity index (χ4v) is 4.16. The molecule has 0 spiro atoms. The van der Waals surface area contributed by atoms with E-state index in [0.717, 1.165) is 0 Å². The maximum absolute atomic E-state index is 12.6. The average molecular weight is 327 g/mol. The largest absolute Gasteiger partial charge is 0.334 e. The van der Waals surface area contributed by atoms with Crippen molar-refractivity contribution in [2.24, 2.45) is 0 Å². The molecule has 0 aromatic carbocycles. The molecule has 0 radical (unpaired) electrons. The minimum absolute atomic E-state index is 0.0963. The molecule has 0 atom stereocenters. The number of carbonyl (C=O) groups excluding carboxylic acids is 1. The van der Waals surface area contributed by atoms with E-state index in [9.17, 15) is 13.2 Å². The van der Waals surface area contributed by atoms with E-state index in [1.165, 1.54) is 22.1 Å². The van der Waals surface area contributed by atoms with E-state index in [2.05, 4.69) is 10.4 Å². The van der Waals surface area contributed by atoms with Crippen LogP contribution in [0.4, 0.5) is 0 Å². The molecule has 8 nitrogen and oxygen atoms in total. The quantitative estimate of drug-likeness (QED) is 0.740. The number of nitrogens with zero attached hydrogens (tertiary/aromatic N) is 4. The maximum atomic E-state index is 12.6. The van der Waals surface area contributed by atoms with Crippen LogP contribution in [0.15, 0.2) is 11.1 Å². The number of piperazine rings is 1. The molecule has 1 aromatic rings. The Kier molecular flexibility index (Phi) is 3.54. The van der Waals surface area contributed by atoms with Crippen LogP contribution in [0.1, 0.15) is 24.3 Å². The second-order valence-corrected chi connectivity index (χ2v) is 8.45. The summed E-state index contributed by atoms with van der Waals surface area (Å²) < 4.78 is 27.2. The van der Waals surface area contributed by atoms with E-state index in [4.69, 9.17) is 0 Å². The molecule has 0 saturated carbocycles. The number of aromatic nitrogens is 2. The summed E-state index contributed by atoms with van der Waals surface area (Å²) >= 11 is 0. The highest BCUT2D eigenvalue weighted by Crippen LogP contribution is 2.22. The van der Waals surface area contributed by atoms with Crippen molar-refractivity contribution in [1.82, 2.24) is 24.3 Å². The van der Waals surface area contributed by atoms with E-state index >= 15 is 0 Å². The summed E-state index contributed by atoms with van der Waals surface area (Å²) in [5, 5.41) is 7.64. The molecule has 3 heterocycles. The van der Waals surface area contributed by atoms with Crippen LogP contribution in [-0.2, 0) is 16.6 Å². The van der Waals surface area contributed by atoms with Crippen molar-refractivity contribution in [3.8, 4) is 0 Å². The Bertz CT molecular complexity index is 709. The van der Waals surface area contributed by atoms with Crippen LogP contribution in [0.2, 0.25) is 0 Å². The van der Waals surface area contributed by atoms with Gasteiger partial charge in [0.1, 0.15) is 0 Å². The lowest BCUT2D eigenvalue weighted by molar-refractivity contribution is 0.0645. The molecule has 1 saturated heterocycles. The Morgan fingerprint density at radius 1 is 1.32 bits per heavy atom. The monoisotopic (exact) mass is 327 g/mol. The highest BCUT2D eigenvalue weighted by atomic mass is 32.2. The maximum Gasteiger partial charge on any atom is 0.274 e. The highest BCUT2D eigenvalue weighted by molar-refractivity contribution is 7.89. The number of hydrogen-bond acceptors (Lipinski definition) is 5. The zero-order valence-corrected chi connectivity index (χ0v) is 13.9. The van der Waals surface area contributed by atoms with Gasteiger partial charge in [-0.25, -0.2) is 8.42 Å². The van der Waals surface area contributed by atoms with Crippen molar-refractivity contribution in [1.29, 1.82) is 0 Å². The third kappa shape index (κ3) is 2.53. The van der Waals surface area contributed by atoms with Gasteiger partial charge in [-0.1, -0.05) is 0 Å². The van der Waals surface area contributed by atoms with Crippen molar-refractivity contribution >= 4 is 15.9 Å². The van der Waals surface area contributed by atoms with Gasteiger partial charge in [-0.15, -0.1) is 0 Å². The molecular formula is C13H21N5O3S. The molecule has 9 heteroatoms. The summed E-state index contributed by atoms with van der Waals surface area (Å²) in [6.45, 7) is 6.77. The Balaban J connectivity index is 1.89. The Labute approximate surface area is 130 Å². The first kappa shape index (κ1) is 15.4. The fourth-order valence-electron chi connectivity index (χ4n) is 2.86. The molecule has 1 N–H and O–H groups in total. The fraction of sp³-hybridized carbons (Fsp3) is 0.692. The summed E-state index contributed by atoms with van der Waals surface area (Å²) in [6.07, 6.45) is 0. The molecule has 0 unspecified atom stereocenters. The molecule has 3 rings (SSSR count). The van der Waals surface area contributed by atoms with Crippen molar-refractivity contribution in [3.05, 3.63) is 11.8 Å². The molecule has 2 aliphatic heterocycles. The predicted molar refractivity (Wildman–Crippen MR) is 80.0 cm³/mol. The van der Waals surface area contributed by atoms with Crippen LogP contribution >= 0.6 is 0 Å². The van der Waals surface area contributed by atoms with Crippen molar-refractivity contribution in [3.63, 3.8) is 0 Å². The third-order valence-electron chi connectivity index (χ3n) is 4.12. The minimum Gasteiger partial charge on any atom is -0.334 e. The van der Waals surface area contributed by atoms with Crippen LogP contribution in [-0.4, -0.2) is 72.1 Å². The van der Waals surface area contributed by atoms with Gasteiger partial charge in [0.2, 0.25) is 0 Å². The number of likely N-dealkylation sites (N-methyl/N-ethyl adjacent to an activating group) is 1. The van der Waals surface area contributed by atoms with E-state index < -0.39 is 10.0 Å². The molecule has 0 aliphatic carbocycles. The van der Waals surface area contributed by atoms with Gasteiger partial charge in [0.05, 0.1) is 6.54 Å². The number of fused-ring (bicyclic) bond motifs is 1. The summed E-state index contributed by atoms with van der Waals surface area (Å²) in [5.41, 5.74) is 0.0473. The Hall–Kier alpha value is -1.45. The number of sulfonamides is 1. The smallest absolute Gasteiger partial charge is 0.274 e. The van der Waals surface area contributed by atoms with Gasteiger partial charge < -0.3 is 10.2 Å². The number of nitrogens with one attached hydrogen (secondary N) is 1. The topological polar surface area (TPSA) is 87.5 Å². The Morgan fingerprint density at radius 3 is 2.73 bits per heavy atom. The van der Waals surface area contributed by atoms with Crippen LogP contribution in [0.25, 0.3) is 0 Å². The van der Waals surface area contributed by atoms with Crippen LogP contribution in [0.3, 0.4) is 0 Å². The second kappa shape index (κ2) is 5.04. The van der Waals surface area contributed by atoms with Gasteiger partial charge in [-0.3, -0.25) is 9.48 Å². The minimum atomic E-state index is -3.54. The predicted octanol–water partition coefficient (Wildman–Crippen LogP) is -0.659. The lowest BCUT2D eigenvalue weighted by Gasteiger charge is -2.38. The third-order valence-corrected chi connectivity index (χ3v) is 5.98. The molecule has 1 fully saturated rings. The Morgan fingerprint density at radius 2 is 2.05 bits per heavy atom. The molecule has 0 bridgehead atoms. The van der Waals surface area contributed by atoms with Crippen molar-refractivity contribution in [2.45, 2.75) is 31.0 Å². The van der Waals surface area contributed by atoms with Gasteiger partial charge in [-0.2, -0.15) is 9.40 Å². The van der Waals surface area contributed by atoms with Gasteiger partial charge in [0.15, 0.2) is 10.7 Å². The van der Waals surface area contributed by atoms with Crippen LogP contribution < -0.4 is 5.32 Å². The first-order valence-electron chi connectivity index (χ1n) is 7.29. The second-order valence-electron chi connectivity index (χ2n) is 6.45. The number of hydrogen-bond donors (Lipinski definition) is 1. The zero-order valence-electron chi connectivity index (χ0n) is 13.0. The lowest BCUT2D eigenvalue weighted by Crippen LogP contribution is -2.58. The van der Waals surface area contributed by atoms with E-state index in [-0.39, 0.29) is 22.2 Å². The molecule has 1 amide bonds. The summed E-state index contributed by atoms with van der Waals surface area (Å²) in [7, 11) is -2.00. The first-order valence-corrected chi connectivity index (χ1v) is 8.73. The lowest BCUT2D eigenvalue weighted by atomic mass is 10.0. The SMILES string of the molecule is CN1CCn2nc(C(=O)N3CCNC(C)(C)C3)cc2S1(=O)=O. The highest BCUT2D eigenvalue weighted by Gasteiger charge is 2.34. The van der Waals surface area contributed by atoms with Gasteiger partial charge >= 0.3 is 0 Å². The standard InChI is InChI=1S/C13H21N5O3S/c1-13(2)9-17(5-4-14-13)12(19)10-8-11-18(15-10)7-6-16(3)22(11,20)21/h8,14H,4-7,9H2,1-3H3. The molecule has 2 aliphatic rings. The summed E-state index contributed by atoms with van der Waals surface area (Å²) in [4.78, 5) is 14.3. The van der Waals surface area contributed by atoms with E-state index in [1.54, 1.807) is 4.90 Å². The van der Waals surface area contributed by atoms with Crippen LogP contribution in [0, 0.1) is 0 Å². The molecule has 22 heavy (non-hydrogen) atoms. The average Bonchev–Trinajstić information content (AvgIpc) is 2.87. The van der Waals surface area contributed by atoms with Gasteiger partial charge in [0, 0.05) is 44.8 Å². The molecule has 122 valence electrons. The number of rotatable bonds is 1. The first-order chi connectivity index (χ1) is 10.2. The zero-order chi connectivity index (χ0) is 16.1. The van der Waals surface area contributed by atoms with Gasteiger partial charge in [-0.05, 0) is 13.8 Å². The molecular weight excluding hydrogens is 306 g/mol. The van der Waals surface area contributed by atoms with E-state index in [1.807, 2.05) is 13.8 Å².